The molecule has 0 bridgehead atoms. The second-order valence-electron chi connectivity index (χ2n) is 3.95. The van der Waals surface area contributed by atoms with Gasteiger partial charge in [-0.3, -0.25) is 0 Å². The maximum Gasteiger partial charge on any atom is 0.126 e. The summed E-state index contributed by atoms with van der Waals surface area (Å²) in [7, 11) is 0. The number of hydrogen-bond acceptors (Lipinski definition) is 1. The number of halogens is 1. The fourth-order valence-corrected chi connectivity index (χ4v) is 1.49. The second-order valence-corrected chi connectivity index (χ2v) is 3.95. The van der Waals surface area contributed by atoms with Crippen molar-refractivity contribution >= 4 is 0 Å². The van der Waals surface area contributed by atoms with Crippen LogP contribution in [-0.2, 0) is 6.42 Å². The molecule has 1 aromatic carbocycles. The minimum Gasteiger partial charge on any atom is -0.328 e. The Hall–Kier alpha value is -0.890. The van der Waals surface area contributed by atoms with Crippen LogP contribution in [0, 0.1) is 12.7 Å². The average molecular weight is 195 g/mol. The lowest BCUT2D eigenvalue weighted by atomic mass is 10.0. The summed E-state index contributed by atoms with van der Waals surface area (Å²) < 4.78 is 12.9. The summed E-state index contributed by atoms with van der Waals surface area (Å²) in [6.07, 6.45) is 3.09. The van der Waals surface area contributed by atoms with E-state index < -0.39 is 0 Å². The molecule has 0 spiro atoms. The zero-order chi connectivity index (χ0) is 10.6. The van der Waals surface area contributed by atoms with Gasteiger partial charge in [0.25, 0.3) is 0 Å². The lowest BCUT2D eigenvalue weighted by Gasteiger charge is -2.05. The van der Waals surface area contributed by atoms with E-state index in [9.17, 15) is 4.39 Å². The van der Waals surface area contributed by atoms with Crippen LogP contribution in [0.2, 0.25) is 0 Å². The fourth-order valence-electron chi connectivity index (χ4n) is 1.49. The predicted molar refractivity (Wildman–Crippen MR) is 57.7 cm³/mol. The molecule has 14 heavy (non-hydrogen) atoms. The van der Waals surface area contributed by atoms with Gasteiger partial charge in [0.1, 0.15) is 5.82 Å². The van der Waals surface area contributed by atoms with Crippen LogP contribution in [0.5, 0.6) is 0 Å². The quantitative estimate of drug-likeness (QED) is 0.785. The van der Waals surface area contributed by atoms with Crippen LogP contribution in [0.1, 0.15) is 30.9 Å². The summed E-state index contributed by atoms with van der Waals surface area (Å²) in [6.45, 7) is 3.81. The van der Waals surface area contributed by atoms with Gasteiger partial charge in [-0.1, -0.05) is 12.1 Å². The van der Waals surface area contributed by atoms with Crippen molar-refractivity contribution < 1.29 is 4.39 Å². The molecule has 0 aromatic heterocycles. The molecule has 78 valence electrons. The molecule has 1 atom stereocenters. The van der Waals surface area contributed by atoms with Crippen molar-refractivity contribution in [2.75, 3.05) is 0 Å². The summed E-state index contributed by atoms with van der Waals surface area (Å²) in [4.78, 5) is 0. The van der Waals surface area contributed by atoms with Crippen LogP contribution in [0.3, 0.4) is 0 Å². The summed E-state index contributed by atoms with van der Waals surface area (Å²) in [5.74, 6) is -0.124. The van der Waals surface area contributed by atoms with Gasteiger partial charge in [0.15, 0.2) is 0 Å². The highest BCUT2D eigenvalue weighted by atomic mass is 19.1. The zero-order valence-corrected chi connectivity index (χ0v) is 8.89. The Balaban J connectivity index is 2.47. The standard InChI is InChI=1S/C12H18FN/c1-9-8-11(6-7-12(9)13)5-3-4-10(2)14/h6-8,10H,3-5,14H2,1-2H3/t10-/m1/s1. The van der Waals surface area contributed by atoms with Crippen LogP contribution < -0.4 is 5.73 Å². The van der Waals surface area contributed by atoms with E-state index in [0.29, 0.717) is 0 Å². The van der Waals surface area contributed by atoms with Crippen LogP contribution in [0.25, 0.3) is 0 Å². The third-order valence-corrected chi connectivity index (χ3v) is 2.35. The Morgan fingerprint density at radius 2 is 2.14 bits per heavy atom. The molecule has 2 N–H and O–H groups in total. The summed E-state index contributed by atoms with van der Waals surface area (Å²) in [5, 5.41) is 0. The molecule has 0 unspecified atom stereocenters. The highest BCUT2D eigenvalue weighted by Gasteiger charge is 2.00. The molecule has 0 aliphatic carbocycles. The summed E-state index contributed by atoms with van der Waals surface area (Å²) in [5.41, 5.74) is 7.57. The first-order valence-electron chi connectivity index (χ1n) is 5.10. The summed E-state index contributed by atoms with van der Waals surface area (Å²) >= 11 is 0. The van der Waals surface area contributed by atoms with Gasteiger partial charge in [0.05, 0.1) is 0 Å². The first kappa shape index (κ1) is 11.2. The Bertz CT molecular complexity index is 294. The molecule has 1 aromatic rings. The van der Waals surface area contributed by atoms with Crippen molar-refractivity contribution in [3.05, 3.63) is 35.1 Å². The molecule has 0 fully saturated rings. The van der Waals surface area contributed by atoms with Gasteiger partial charge < -0.3 is 5.73 Å². The lowest BCUT2D eigenvalue weighted by molar-refractivity contribution is 0.611. The highest BCUT2D eigenvalue weighted by molar-refractivity contribution is 5.23. The number of benzene rings is 1. The first-order valence-corrected chi connectivity index (χ1v) is 5.10. The van der Waals surface area contributed by atoms with Crippen molar-refractivity contribution in [3.8, 4) is 0 Å². The van der Waals surface area contributed by atoms with Gasteiger partial charge in [-0.25, -0.2) is 4.39 Å². The van der Waals surface area contributed by atoms with Gasteiger partial charge in [0.2, 0.25) is 0 Å². The maximum absolute atomic E-state index is 12.9. The van der Waals surface area contributed by atoms with E-state index in [1.165, 1.54) is 11.6 Å². The van der Waals surface area contributed by atoms with Crippen LogP contribution in [0.4, 0.5) is 4.39 Å². The summed E-state index contributed by atoms with van der Waals surface area (Å²) in [6, 6.07) is 5.56. The molecule has 1 nitrogen and oxygen atoms in total. The molecule has 0 radical (unpaired) electrons. The monoisotopic (exact) mass is 195 g/mol. The fraction of sp³-hybridized carbons (Fsp3) is 0.500. The number of rotatable bonds is 4. The van der Waals surface area contributed by atoms with Crippen LogP contribution in [0.15, 0.2) is 18.2 Å². The average Bonchev–Trinajstić information content (AvgIpc) is 2.10. The van der Waals surface area contributed by atoms with Gasteiger partial charge >= 0.3 is 0 Å². The van der Waals surface area contributed by atoms with Gasteiger partial charge in [-0.05, 0) is 50.3 Å². The van der Waals surface area contributed by atoms with Crippen LogP contribution >= 0.6 is 0 Å². The third kappa shape index (κ3) is 3.46. The lowest BCUT2D eigenvalue weighted by Crippen LogP contribution is -2.14. The second kappa shape index (κ2) is 5.11. The minimum absolute atomic E-state index is 0.124. The molecule has 0 saturated heterocycles. The Kier molecular flexibility index (Phi) is 4.08. The van der Waals surface area contributed by atoms with Gasteiger partial charge in [0, 0.05) is 6.04 Å². The highest BCUT2D eigenvalue weighted by Crippen LogP contribution is 2.11. The van der Waals surface area contributed by atoms with Crippen molar-refractivity contribution in [2.24, 2.45) is 5.73 Å². The normalized spacial score (nSPS) is 12.9. The Morgan fingerprint density at radius 1 is 1.43 bits per heavy atom. The van der Waals surface area contributed by atoms with E-state index in [1.54, 1.807) is 6.92 Å². The molecular weight excluding hydrogens is 177 g/mol. The molecule has 0 aliphatic rings. The maximum atomic E-state index is 12.9. The van der Waals surface area contributed by atoms with Gasteiger partial charge in [-0.15, -0.1) is 0 Å². The third-order valence-electron chi connectivity index (χ3n) is 2.35. The van der Waals surface area contributed by atoms with E-state index in [4.69, 9.17) is 5.73 Å². The molecular formula is C12H18FN. The zero-order valence-electron chi connectivity index (χ0n) is 8.89. The van der Waals surface area contributed by atoms with E-state index >= 15 is 0 Å². The largest absolute Gasteiger partial charge is 0.328 e. The minimum atomic E-state index is -0.124. The van der Waals surface area contributed by atoms with Crippen molar-refractivity contribution in [2.45, 2.75) is 39.2 Å². The van der Waals surface area contributed by atoms with Crippen LogP contribution in [-0.4, -0.2) is 6.04 Å². The number of aryl methyl sites for hydroxylation is 2. The smallest absolute Gasteiger partial charge is 0.126 e. The van der Waals surface area contributed by atoms with E-state index in [1.807, 2.05) is 19.1 Å². The molecule has 0 amide bonds. The van der Waals surface area contributed by atoms with E-state index in [0.717, 1.165) is 24.8 Å². The van der Waals surface area contributed by atoms with E-state index in [2.05, 4.69) is 0 Å². The van der Waals surface area contributed by atoms with Crippen molar-refractivity contribution in [3.63, 3.8) is 0 Å². The van der Waals surface area contributed by atoms with Crippen molar-refractivity contribution in [1.29, 1.82) is 0 Å². The van der Waals surface area contributed by atoms with E-state index in [-0.39, 0.29) is 11.9 Å². The number of nitrogens with two attached hydrogens (primary N) is 1. The first-order chi connectivity index (χ1) is 6.59. The topological polar surface area (TPSA) is 26.0 Å². The molecule has 1 rings (SSSR count). The van der Waals surface area contributed by atoms with Gasteiger partial charge in [-0.2, -0.15) is 0 Å². The Labute approximate surface area is 85.1 Å². The molecule has 0 aliphatic heterocycles. The molecule has 0 heterocycles. The number of hydrogen-bond donors (Lipinski definition) is 1. The molecule has 2 heteroatoms. The SMILES string of the molecule is Cc1cc(CCC[C@@H](C)N)ccc1F. The van der Waals surface area contributed by atoms with Crippen molar-refractivity contribution in [1.82, 2.24) is 0 Å². The molecule has 0 saturated carbocycles. The Morgan fingerprint density at radius 3 is 2.71 bits per heavy atom. The predicted octanol–water partition coefficient (Wildman–Crippen LogP) is 2.80.